The Morgan fingerprint density at radius 2 is 0.922 bits per heavy atom. The van der Waals surface area contributed by atoms with E-state index in [9.17, 15) is 0 Å². The normalized spacial score (nSPS) is 11.5. The van der Waals surface area contributed by atoms with Crippen LogP contribution in [0.5, 0.6) is 0 Å². The van der Waals surface area contributed by atoms with Crippen molar-refractivity contribution in [2.24, 2.45) is 0 Å². The van der Waals surface area contributed by atoms with Crippen molar-refractivity contribution in [3.05, 3.63) is 176 Å². The third-order valence-corrected chi connectivity index (χ3v) is 9.52. The third kappa shape index (κ3) is 5.11. The van der Waals surface area contributed by atoms with Gasteiger partial charge in [-0.1, -0.05) is 97.1 Å². The van der Waals surface area contributed by atoms with Crippen LogP contribution in [0.3, 0.4) is 0 Å². The Hall–Kier alpha value is -6.98. The van der Waals surface area contributed by atoms with Gasteiger partial charge in [-0.15, -0.1) is 0 Å². The van der Waals surface area contributed by atoms with E-state index in [4.69, 9.17) is 18.8 Å². The van der Waals surface area contributed by atoms with Crippen LogP contribution in [-0.4, -0.2) is 9.97 Å². The first-order valence-corrected chi connectivity index (χ1v) is 17.0. The van der Waals surface area contributed by atoms with Gasteiger partial charge in [0.25, 0.3) is 0 Å². The van der Waals surface area contributed by atoms with E-state index in [1.54, 1.807) is 0 Å². The summed E-state index contributed by atoms with van der Waals surface area (Å²) < 4.78 is 12.3. The summed E-state index contributed by atoms with van der Waals surface area (Å²) in [6, 6.07) is 60.8. The van der Waals surface area contributed by atoms with Crippen molar-refractivity contribution in [3.63, 3.8) is 0 Å². The van der Waals surface area contributed by atoms with Crippen LogP contribution in [0.25, 0.3) is 77.8 Å². The number of hydrogen-bond acceptors (Lipinski definition) is 5. The van der Waals surface area contributed by atoms with E-state index in [-0.39, 0.29) is 0 Å². The second kappa shape index (κ2) is 11.9. The maximum absolute atomic E-state index is 6.20. The van der Waals surface area contributed by atoms with Gasteiger partial charge in [0, 0.05) is 27.9 Å². The van der Waals surface area contributed by atoms with Crippen LogP contribution in [0.4, 0.5) is 17.1 Å². The van der Waals surface area contributed by atoms with E-state index in [1.807, 2.05) is 60.7 Å². The number of para-hydroxylation sites is 2. The Morgan fingerprint density at radius 3 is 1.67 bits per heavy atom. The Morgan fingerprint density at radius 1 is 0.373 bits per heavy atom. The van der Waals surface area contributed by atoms with Crippen molar-refractivity contribution in [1.82, 2.24) is 9.97 Å². The van der Waals surface area contributed by atoms with Crippen LogP contribution < -0.4 is 4.90 Å². The lowest BCUT2D eigenvalue weighted by atomic mass is 9.98. The summed E-state index contributed by atoms with van der Waals surface area (Å²) in [6.07, 6.45) is 0. The quantitative estimate of drug-likeness (QED) is 0.167. The van der Waals surface area contributed by atoms with Crippen LogP contribution >= 0.6 is 0 Å². The standard InChI is InChI=1S/C46H29N3O2/c1-2-10-31(11-3-1)45-48-41-27-22-33(29-44(41)51-45)30-18-23-35(24-19-30)49(42-28-34-12-4-5-13-37(34)38-14-6-7-15-39(38)42)36-25-20-32(21-26-36)46-47-40-16-8-9-17-43(40)50-46/h1-29H. The number of hydrogen-bond donors (Lipinski definition) is 0. The maximum Gasteiger partial charge on any atom is 0.227 e. The molecule has 0 fully saturated rings. The minimum absolute atomic E-state index is 0.606. The second-order valence-electron chi connectivity index (χ2n) is 12.6. The van der Waals surface area contributed by atoms with E-state index in [2.05, 4.69) is 120 Å². The van der Waals surface area contributed by atoms with Gasteiger partial charge in [-0.25, -0.2) is 9.97 Å². The fourth-order valence-electron chi connectivity index (χ4n) is 7.01. The average molecular weight is 656 g/mol. The lowest BCUT2D eigenvalue weighted by Crippen LogP contribution is -2.10. The molecule has 0 N–H and O–H groups in total. The van der Waals surface area contributed by atoms with Gasteiger partial charge >= 0.3 is 0 Å². The zero-order valence-corrected chi connectivity index (χ0v) is 27.4. The van der Waals surface area contributed by atoms with Crippen molar-refractivity contribution in [2.75, 3.05) is 4.90 Å². The minimum Gasteiger partial charge on any atom is -0.436 e. The highest BCUT2D eigenvalue weighted by atomic mass is 16.4. The van der Waals surface area contributed by atoms with Crippen molar-refractivity contribution < 1.29 is 8.83 Å². The molecule has 10 aromatic rings. The van der Waals surface area contributed by atoms with Crippen LogP contribution in [-0.2, 0) is 0 Å². The highest BCUT2D eigenvalue weighted by Gasteiger charge is 2.19. The Balaban J connectivity index is 1.08. The van der Waals surface area contributed by atoms with Crippen molar-refractivity contribution in [2.45, 2.75) is 0 Å². The molecule has 0 unspecified atom stereocenters. The molecular weight excluding hydrogens is 627 g/mol. The van der Waals surface area contributed by atoms with E-state index < -0.39 is 0 Å². The smallest absolute Gasteiger partial charge is 0.227 e. The lowest BCUT2D eigenvalue weighted by Gasteiger charge is -2.28. The molecule has 0 radical (unpaired) electrons. The summed E-state index contributed by atoms with van der Waals surface area (Å²) >= 11 is 0. The van der Waals surface area contributed by atoms with E-state index in [0.717, 1.165) is 61.5 Å². The molecule has 8 aromatic carbocycles. The first kappa shape index (κ1) is 29.0. The van der Waals surface area contributed by atoms with Gasteiger partial charge in [-0.3, -0.25) is 0 Å². The molecular formula is C46H29N3O2. The van der Waals surface area contributed by atoms with E-state index in [0.29, 0.717) is 11.8 Å². The summed E-state index contributed by atoms with van der Waals surface area (Å²) in [6.45, 7) is 0. The minimum atomic E-state index is 0.606. The van der Waals surface area contributed by atoms with Gasteiger partial charge in [0.2, 0.25) is 11.8 Å². The molecule has 0 saturated carbocycles. The van der Waals surface area contributed by atoms with Gasteiger partial charge in [0.1, 0.15) is 11.0 Å². The maximum atomic E-state index is 6.20. The Kier molecular flexibility index (Phi) is 6.74. The zero-order chi connectivity index (χ0) is 33.7. The van der Waals surface area contributed by atoms with Gasteiger partial charge in [0.15, 0.2) is 11.2 Å². The molecule has 0 saturated heterocycles. The predicted octanol–water partition coefficient (Wildman–Crippen LogP) is 12.7. The summed E-state index contributed by atoms with van der Waals surface area (Å²) in [5.41, 5.74) is 10.4. The second-order valence-corrected chi connectivity index (χ2v) is 12.6. The highest BCUT2D eigenvalue weighted by molar-refractivity contribution is 6.14. The molecule has 0 amide bonds. The number of rotatable bonds is 6. The van der Waals surface area contributed by atoms with Crippen LogP contribution in [0, 0.1) is 0 Å². The van der Waals surface area contributed by atoms with Crippen LogP contribution in [0.15, 0.2) is 185 Å². The summed E-state index contributed by atoms with van der Waals surface area (Å²) in [5.74, 6) is 1.23. The number of benzene rings is 8. The fraction of sp³-hybridized carbons (Fsp3) is 0. The van der Waals surface area contributed by atoms with Crippen molar-refractivity contribution in [3.8, 4) is 34.0 Å². The molecule has 0 aliphatic carbocycles. The molecule has 240 valence electrons. The molecule has 0 aliphatic rings. The third-order valence-electron chi connectivity index (χ3n) is 9.52. The zero-order valence-electron chi connectivity index (χ0n) is 27.4. The SMILES string of the molecule is c1ccc(-c2nc3ccc(-c4ccc(N(c5ccc(-c6nc7ccccc7o6)cc5)c5cc6ccccc6c6ccccc56)cc4)cc3o2)cc1. The van der Waals surface area contributed by atoms with Gasteiger partial charge in [-0.05, 0) is 106 Å². The predicted molar refractivity (Wildman–Crippen MR) is 208 cm³/mol. The Bertz CT molecular complexity index is 2820. The number of aromatic nitrogens is 2. The molecule has 0 bridgehead atoms. The first-order valence-electron chi connectivity index (χ1n) is 17.0. The van der Waals surface area contributed by atoms with E-state index >= 15 is 0 Å². The average Bonchev–Trinajstić information content (AvgIpc) is 3.84. The molecule has 0 atom stereocenters. The topological polar surface area (TPSA) is 55.3 Å². The monoisotopic (exact) mass is 655 g/mol. The summed E-state index contributed by atoms with van der Waals surface area (Å²) in [4.78, 5) is 11.8. The van der Waals surface area contributed by atoms with Crippen LogP contribution in [0.2, 0.25) is 0 Å². The number of oxazole rings is 2. The molecule has 2 heterocycles. The molecule has 0 aliphatic heterocycles. The van der Waals surface area contributed by atoms with Crippen molar-refractivity contribution >= 4 is 60.8 Å². The molecule has 5 nitrogen and oxygen atoms in total. The van der Waals surface area contributed by atoms with Gasteiger partial charge in [0.05, 0.1) is 5.69 Å². The lowest BCUT2D eigenvalue weighted by molar-refractivity contribution is 0.619. The van der Waals surface area contributed by atoms with Crippen molar-refractivity contribution in [1.29, 1.82) is 0 Å². The van der Waals surface area contributed by atoms with Crippen LogP contribution in [0.1, 0.15) is 0 Å². The number of fused-ring (bicyclic) bond motifs is 5. The first-order chi connectivity index (χ1) is 25.2. The van der Waals surface area contributed by atoms with Gasteiger partial charge in [-0.2, -0.15) is 0 Å². The number of anilines is 3. The molecule has 10 rings (SSSR count). The Labute approximate surface area is 293 Å². The summed E-state index contributed by atoms with van der Waals surface area (Å²) in [7, 11) is 0. The van der Waals surface area contributed by atoms with Gasteiger partial charge < -0.3 is 13.7 Å². The summed E-state index contributed by atoms with van der Waals surface area (Å²) in [5, 5.41) is 4.81. The molecule has 51 heavy (non-hydrogen) atoms. The highest BCUT2D eigenvalue weighted by Crippen LogP contribution is 2.43. The van der Waals surface area contributed by atoms with E-state index in [1.165, 1.54) is 21.5 Å². The largest absolute Gasteiger partial charge is 0.436 e. The molecule has 0 spiro atoms. The fourth-order valence-corrected chi connectivity index (χ4v) is 7.01. The molecule has 5 heteroatoms. The number of nitrogens with zero attached hydrogens (tertiary/aromatic N) is 3. The molecule has 2 aromatic heterocycles.